The van der Waals surface area contributed by atoms with Crippen molar-refractivity contribution in [3.63, 3.8) is 0 Å². The standard InChI is InChI=1S/C12H13F3N2O/c13-12(14,15)11(18)9-1-3-10(4-2-9)17-7-5-16-6-8-17/h1-4,16H,5-8H2. The highest BCUT2D eigenvalue weighted by atomic mass is 19.4. The van der Waals surface area contributed by atoms with Gasteiger partial charge in [-0.15, -0.1) is 0 Å². The number of halogens is 3. The minimum absolute atomic E-state index is 0.318. The molecule has 0 spiro atoms. The summed E-state index contributed by atoms with van der Waals surface area (Å²) in [7, 11) is 0. The molecule has 0 radical (unpaired) electrons. The topological polar surface area (TPSA) is 32.3 Å². The first kappa shape index (κ1) is 12.9. The van der Waals surface area contributed by atoms with Crippen molar-refractivity contribution in [3.05, 3.63) is 29.8 Å². The van der Waals surface area contributed by atoms with Gasteiger partial charge in [0, 0.05) is 37.4 Å². The van der Waals surface area contributed by atoms with E-state index in [0.29, 0.717) is 0 Å². The maximum Gasteiger partial charge on any atom is 0.454 e. The first-order valence-electron chi connectivity index (χ1n) is 5.66. The van der Waals surface area contributed by atoms with Crippen LogP contribution >= 0.6 is 0 Å². The molecule has 0 atom stereocenters. The zero-order valence-corrected chi connectivity index (χ0v) is 9.63. The van der Waals surface area contributed by atoms with Crippen LogP contribution in [0.3, 0.4) is 0 Å². The molecular formula is C12H13F3N2O. The van der Waals surface area contributed by atoms with Crippen molar-refractivity contribution >= 4 is 11.5 Å². The fourth-order valence-electron chi connectivity index (χ4n) is 1.91. The Kier molecular flexibility index (Phi) is 3.56. The van der Waals surface area contributed by atoms with Crippen molar-refractivity contribution in [2.75, 3.05) is 31.1 Å². The predicted octanol–water partition coefficient (Wildman–Crippen LogP) is 1.84. The number of alkyl halides is 3. The van der Waals surface area contributed by atoms with E-state index < -0.39 is 12.0 Å². The molecule has 0 bridgehead atoms. The second kappa shape index (κ2) is 4.97. The number of rotatable bonds is 2. The smallest absolute Gasteiger partial charge is 0.369 e. The molecule has 1 aliphatic rings. The Labute approximate surface area is 103 Å². The van der Waals surface area contributed by atoms with E-state index in [4.69, 9.17) is 0 Å². The Hall–Kier alpha value is -1.56. The average Bonchev–Trinajstić information content (AvgIpc) is 2.38. The number of hydrogen-bond donors (Lipinski definition) is 1. The van der Waals surface area contributed by atoms with E-state index in [2.05, 4.69) is 10.2 Å². The minimum Gasteiger partial charge on any atom is -0.369 e. The fourth-order valence-corrected chi connectivity index (χ4v) is 1.91. The molecule has 3 nitrogen and oxygen atoms in total. The molecule has 0 unspecified atom stereocenters. The lowest BCUT2D eigenvalue weighted by Gasteiger charge is -2.29. The molecule has 0 saturated carbocycles. The molecule has 1 saturated heterocycles. The molecule has 2 rings (SSSR count). The van der Waals surface area contributed by atoms with Crippen LogP contribution in [0.15, 0.2) is 24.3 Å². The summed E-state index contributed by atoms with van der Waals surface area (Å²) in [6.45, 7) is 3.32. The van der Waals surface area contributed by atoms with Crippen LogP contribution in [0.2, 0.25) is 0 Å². The summed E-state index contributed by atoms with van der Waals surface area (Å²) < 4.78 is 36.7. The van der Waals surface area contributed by atoms with Crippen molar-refractivity contribution in [2.45, 2.75) is 6.18 Å². The van der Waals surface area contributed by atoms with Crippen LogP contribution in [0.4, 0.5) is 18.9 Å². The van der Waals surface area contributed by atoms with Gasteiger partial charge in [-0.25, -0.2) is 0 Å². The van der Waals surface area contributed by atoms with Crippen LogP contribution < -0.4 is 10.2 Å². The van der Waals surface area contributed by atoms with Crippen LogP contribution in [0, 0.1) is 0 Å². The van der Waals surface area contributed by atoms with E-state index in [9.17, 15) is 18.0 Å². The molecule has 1 aliphatic heterocycles. The number of nitrogens with one attached hydrogen (secondary N) is 1. The van der Waals surface area contributed by atoms with Gasteiger partial charge in [0.1, 0.15) is 0 Å². The molecule has 0 aliphatic carbocycles. The van der Waals surface area contributed by atoms with Gasteiger partial charge in [-0.3, -0.25) is 4.79 Å². The fraction of sp³-hybridized carbons (Fsp3) is 0.417. The lowest BCUT2D eigenvalue weighted by molar-refractivity contribution is -0.0885. The molecule has 98 valence electrons. The quantitative estimate of drug-likeness (QED) is 0.821. The molecule has 1 fully saturated rings. The Morgan fingerprint density at radius 1 is 1.11 bits per heavy atom. The molecule has 0 amide bonds. The SMILES string of the molecule is O=C(c1ccc(N2CCNCC2)cc1)C(F)(F)F. The van der Waals surface area contributed by atoms with Crippen molar-refractivity contribution in [1.82, 2.24) is 5.32 Å². The number of hydrogen-bond acceptors (Lipinski definition) is 3. The second-order valence-corrected chi connectivity index (χ2v) is 4.11. The van der Waals surface area contributed by atoms with Crippen LogP contribution in [0.5, 0.6) is 0 Å². The summed E-state index contributed by atoms with van der Waals surface area (Å²) in [6.07, 6.45) is -4.81. The minimum atomic E-state index is -4.81. The number of ketones is 1. The molecule has 1 heterocycles. The first-order chi connectivity index (χ1) is 8.48. The Morgan fingerprint density at radius 3 is 2.17 bits per heavy atom. The normalized spacial score (nSPS) is 16.7. The van der Waals surface area contributed by atoms with Gasteiger partial charge in [-0.05, 0) is 24.3 Å². The molecule has 6 heteroatoms. The van der Waals surface area contributed by atoms with Crippen LogP contribution in [0.25, 0.3) is 0 Å². The summed E-state index contributed by atoms with van der Waals surface area (Å²) in [5, 5.41) is 3.19. The summed E-state index contributed by atoms with van der Waals surface area (Å²) >= 11 is 0. The highest BCUT2D eigenvalue weighted by molar-refractivity contribution is 6.00. The maximum atomic E-state index is 12.2. The van der Waals surface area contributed by atoms with Crippen LogP contribution in [-0.2, 0) is 0 Å². The molecule has 0 aromatic heterocycles. The third-order valence-corrected chi connectivity index (χ3v) is 2.87. The van der Waals surface area contributed by atoms with Crippen molar-refractivity contribution in [2.24, 2.45) is 0 Å². The van der Waals surface area contributed by atoms with E-state index in [-0.39, 0.29) is 5.56 Å². The van der Waals surface area contributed by atoms with Gasteiger partial charge in [0.25, 0.3) is 5.78 Å². The number of nitrogens with zero attached hydrogens (tertiary/aromatic N) is 1. The van der Waals surface area contributed by atoms with Crippen molar-refractivity contribution < 1.29 is 18.0 Å². The van der Waals surface area contributed by atoms with Gasteiger partial charge in [0.05, 0.1) is 0 Å². The zero-order chi connectivity index (χ0) is 13.2. The predicted molar refractivity (Wildman–Crippen MR) is 61.9 cm³/mol. The highest BCUT2D eigenvalue weighted by Gasteiger charge is 2.39. The number of benzene rings is 1. The Balaban J connectivity index is 2.12. The zero-order valence-electron chi connectivity index (χ0n) is 9.63. The molecule has 1 aromatic rings. The van der Waals surface area contributed by atoms with Crippen LogP contribution in [0.1, 0.15) is 10.4 Å². The number of carbonyl (C=O) groups is 1. The second-order valence-electron chi connectivity index (χ2n) is 4.11. The lowest BCUT2D eigenvalue weighted by atomic mass is 10.1. The van der Waals surface area contributed by atoms with Gasteiger partial charge in [0.2, 0.25) is 0 Å². The first-order valence-corrected chi connectivity index (χ1v) is 5.66. The summed E-state index contributed by atoms with van der Waals surface area (Å²) in [5.74, 6) is -1.80. The van der Waals surface area contributed by atoms with Gasteiger partial charge >= 0.3 is 6.18 Å². The molecule has 1 N–H and O–H groups in total. The molecule has 18 heavy (non-hydrogen) atoms. The number of carbonyl (C=O) groups excluding carboxylic acids is 1. The van der Waals surface area contributed by atoms with Gasteiger partial charge < -0.3 is 10.2 Å². The number of piperazine rings is 1. The largest absolute Gasteiger partial charge is 0.454 e. The monoisotopic (exact) mass is 258 g/mol. The molecular weight excluding hydrogens is 245 g/mol. The summed E-state index contributed by atoms with van der Waals surface area (Å²) in [6, 6.07) is 5.58. The van der Waals surface area contributed by atoms with Crippen molar-refractivity contribution in [1.29, 1.82) is 0 Å². The number of anilines is 1. The number of Topliss-reactive ketones (excluding diaryl/α,β-unsaturated/α-hetero) is 1. The lowest BCUT2D eigenvalue weighted by Crippen LogP contribution is -2.43. The van der Waals surface area contributed by atoms with Crippen LogP contribution in [-0.4, -0.2) is 38.1 Å². The van der Waals surface area contributed by atoms with Gasteiger partial charge in [0.15, 0.2) is 0 Å². The van der Waals surface area contributed by atoms with E-state index >= 15 is 0 Å². The summed E-state index contributed by atoms with van der Waals surface area (Å²) in [4.78, 5) is 13.1. The third kappa shape index (κ3) is 2.81. The summed E-state index contributed by atoms with van der Waals surface area (Å²) in [5.41, 5.74) is 0.525. The van der Waals surface area contributed by atoms with E-state index in [1.807, 2.05) is 0 Å². The third-order valence-electron chi connectivity index (χ3n) is 2.87. The highest BCUT2D eigenvalue weighted by Crippen LogP contribution is 2.23. The van der Waals surface area contributed by atoms with E-state index in [1.165, 1.54) is 12.1 Å². The van der Waals surface area contributed by atoms with Gasteiger partial charge in [-0.2, -0.15) is 13.2 Å². The average molecular weight is 258 g/mol. The van der Waals surface area contributed by atoms with E-state index in [1.54, 1.807) is 12.1 Å². The van der Waals surface area contributed by atoms with Crippen molar-refractivity contribution in [3.8, 4) is 0 Å². The molecule has 1 aromatic carbocycles. The van der Waals surface area contributed by atoms with E-state index in [0.717, 1.165) is 31.9 Å². The van der Waals surface area contributed by atoms with Gasteiger partial charge in [-0.1, -0.05) is 0 Å². The Morgan fingerprint density at radius 2 is 1.67 bits per heavy atom. The maximum absolute atomic E-state index is 12.2. The Bertz CT molecular complexity index is 422.